The lowest BCUT2D eigenvalue weighted by Gasteiger charge is -2.13. The number of hydrogen-bond acceptors (Lipinski definition) is 6. The molecule has 0 radical (unpaired) electrons. The molecule has 0 unspecified atom stereocenters. The van der Waals surface area contributed by atoms with Gasteiger partial charge in [0, 0.05) is 6.07 Å². The van der Waals surface area contributed by atoms with E-state index in [0.29, 0.717) is 23.1 Å². The Hall–Kier alpha value is -3.00. The van der Waals surface area contributed by atoms with Crippen molar-refractivity contribution in [2.75, 3.05) is 26.6 Å². The highest BCUT2D eigenvalue weighted by Crippen LogP contribution is 2.38. The molecule has 3 rings (SSSR count). The van der Waals surface area contributed by atoms with Gasteiger partial charge in [-0.15, -0.1) is 11.3 Å². The Morgan fingerprint density at radius 2 is 1.88 bits per heavy atom. The number of thiophene rings is 1. The van der Waals surface area contributed by atoms with E-state index in [1.165, 1.54) is 21.3 Å². The van der Waals surface area contributed by atoms with Crippen LogP contribution in [0.4, 0.5) is 5.82 Å². The Kier molecular flexibility index (Phi) is 5.43. The van der Waals surface area contributed by atoms with Crippen LogP contribution in [-0.2, 0) is 11.2 Å². The number of benzene rings is 1. The molecule has 0 aliphatic carbocycles. The fourth-order valence-electron chi connectivity index (χ4n) is 2.55. The molecule has 2 aromatic heterocycles. The van der Waals surface area contributed by atoms with Gasteiger partial charge >= 0.3 is 0 Å². The number of H-pyrrole nitrogens is 1. The number of nitrogens with zero attached hydrogens (tertiary/aromatic N) is 1. The number of amides is 1. The number of carbonyl (C=O) groups excluding carboxylic acids is 1. The molecule has 2 heterocycles. The fourth-order valence-corrected chi connectivity index (χ4v) is 3.25. The number of anilines is 1. The SMILES string of the molecule is COc1cc(CC(=O)Nc2cc(-c3cccs3)[nH]n2)cc(OC)c1OC. The number of rotatable bonds is 7. The molecule has 1 amide bonds. The van der Waals surface area contributed by atoms with Crippen LogP contribution in [0.15, 0.2) is 35.7 Å². The number of ether oxygens (including phenoxy) is 3. The van der Waals surface area contributed by atoms with E-state index < -0.39 is 0 Å². The van der Waals surface area contributed by atoms with Crippen LogP contribution in [0.25, 0.3) is 10.6 Å². The van der Waals surface area contributed by atoms with E-state index in [1.807, 2.05) is 17.5 Å². The van der Waals surface area contributed by atoms with Crippen molar-refractivity contribution in [1.29, 1.82) is 0 Å². The second kappa shape index (κ2) is 7.92. The zero-order chi connectivity index (χ0) is 18.5. The lowest BCUT2D eigenvalue weighted by atomic mass is 10.1. The van der Waals surface area contributed by atoms with E-state index in [9.17, 15) is 4.79 Å². The van der Waals surface area contributed by atoms with Crippen molar-refractivity contribution in [3.63, 3.8) is 0 Å². The molecule has 0 aliphatic rings. The summed E-state index contributed by atoms with van der Waals surface area (Å²) >= 11 is 1.60. The second-order valence-corrected chi connectivity index (χ2v) is 6.35. The van der Waals surface area contributed by atoms with Crippen LogP contribution in [0.1, 0.15) is 5.56 Å². The molecular formula is C18H19N3O4S. The molecular weight excluding hydrogens is 354 g/mol. The first-order valence-electron chi connectivity index (χ1n) is 7.82. The lowest BCUT2D eigenvalue weighted by molar-refractivity contribution is -0.115. The summed E-state index contributed by atoms with van der Waals surface area (Å²) in [6.45, 7) is 0. The number of aromatic amines is 1. The third-order valence-corrected chi connectivity index (χ3v) is 4.62. The largest absolute Gasteiger partial charge is 0.493 e. The lowest BCUT2D eigenvalue weighted by Crippen LogP contribution is -2.15. The normalized spacial score (nSPS) is 10.4. The van der Waals surface area contributed by atoms with Crippen LogP contribution < -0.4 is 19.5 Å². The molecule has 0 saturated heterocycles. The topological polar surface area (TPSA) is 85.5 Å². The molecule has 2 N–H and O–H groups in total. The van der Waals surface area contributed by atoms with Crippen molar-refractivity contribution in [2.45, 2.75) is 6.42 Å². The maximum Gasteiger partial charge on any atom is 0.229 e. The molecule has 136 valence electrons. The Morgan fingerprint density at radius 3 is 2.46 bits per heavy atom. The summed E-state index contributed by atoms with van der Waals surface area (Å²) in [6, 6.07) is 9.26. The Bertz CT molecular complexity index is 865. The van der Waals surface area contributed by atoms with Crippen LogP contribution in [-0.4, -0.2) is 37.4 Å². The maximum absolute atomic E-state index is 12.4. The first-order chi connectivity index (χ1) is 12.6. The standard InChI is InChI=1S/C18H19N3O4S/c1-23-13-7-11(8-14(24-2)18(13)25-3)9-17(22)19-16-10-12(20-21-16)15-5-4-6-26-15/h4-8,10H,9H2,1-3H3,(H2,19,20,21,22). The van der Waals surface area contributed by atoms with Crippen molar-refractivity contribution in [2.24, 2.45) is 0 Å². The number of hydrogen-bond donors (Lipinski definition) is 2. The molecule has 0 aliphatic heterocycles. The van der Waals surface area contributed by atoms with E-state index in [2.05, 4.69) is 15.5 Å². The number of aromatic nitrogens is 2. The van der Waals surface area contributed by atoms with Crippen molar-refractivity contribution in [1.82, 2.24) is 10.2 Å². The summed E-state index contributed by atoms with van der Waals surface area (Å²) in [5.74, 6) is 1.80. The summed E-state index contributed by atoms with van der Waals surface area (Å²) in [5.41, 5.74) is 1.61. The van der Waals surface area contributed by atoms with Gasteiger partial charge in [0.25, 0.3) is 0 Å². The van der Waals surface area contributed by atoms with Gasteiger partial charge in [0.1, 0.15) is 0 Å². The van der Waals surface area contributed by atoms with Gasteiger partial charge in [0.05, 0.1) is 38.3 Å². The van der Waals surface area contributed by atoms with E-state index >= 15 is 0 Å². The summed E-state index contributed by atoms with van der Waals surface area (Å²) < 4.78 is 15.9. The zero-order valence-corrected chi connectivity index (χ0v) is 15.5. The van der Waals surface area contributed by atoms with E-state index in [-0.39, 0.29) is 12.3 Å². The van der Waals surface area contributed by atoms with Crippen LogP contribution in [0.5, 0.6) is 17.2 Å². The van der Waals surface area contributed by atoms with Crippen molar-refractivity contribution < 1.29 is 19.0 Å². The minimum Gasteiger partial charge on any atom is -0.493 e. The van der Waals surface area contributed by atoms with E-state index in [0.717, 1.165) is 16.1 Å². The summed E-state index contributed by atoms with van der Waals surface area (Å²) in [5, 5.41) is 11.8. The van der Waals surface area contributed by atoms with E-state index in [4.69, 9.17) is 14.2 Å². The molecule has 8 heteroatoms. The highest BCUT2D eigenvalue weighted by molar-refractivity contribution is 7.13. The average Bonchev–Trinajstić information content (AvgIpc) is 3.32. The third kappa shape index (κ3) is 3.80. The smallest absolute Gasteiger partial charge is 0.229 e. The number of methoxy groups -OCH3 is 3. The summed E-state index contributed by atoms with van der Waals surface area (Å²) in [4.78, 5) is 13.4. The highest BCUT2D eigenvalue weighted by Gasteiger charge is 2.15. The van der Waals surface area contributed by atoms with Crippen molar-refractivity contribution in [3.05, 3.63) is 41.3 Å². The monoisotopic (exact) mass is 373 g/mol. The molecule has 26 heavy (non-hydrogen) atoms. The maximum atomic E-state index is 12.4. The van der Waals surface area contributed by atoms with Crippen LogP contribution in [0, 0.1) is 0 Å². The quantitative estimate of drug-likeness (QED) is 0.663. The third-order valence-electron chi connectivity index (χ3n) is 3.72. The van der Waals surface area contributed by atoms with Gasteiger partial charge in [0.15, 0.2) is 17.3 Å². The first-order valence-corrected chi connectivity index (χ1v) is 8.70. The molecule has 0 spiro atoms. The number of carbonyl (C=O) groups is 1. The molecule has 0 atom stereocenters. The van der Waals surface area contributed by atoms with Crippen LogP contribution in [0.2, 0.25) is 0 Å². The Labute approximate surface area is 154 Å². The Morgan fingerprint density at radius 1 is 1.15 bits per heavy atom. The molecule has 1 aromatic carbocycles. The van der Waals surface area contributed by atoms with Gasteiger partial charge in [-0.3, -0.25) is 9.89 Å². The summed E-state index contributed by atoms with van der Waals surface area (Å²) in [6.07, 6.45) is 0.151. The van der Waals surface area contributed by atoms with Gasteiger partial charge in [-0.2, -0.15) is 5.10 Å². The predicted octanol–water partition coefficient (Wildman–Crippen LogP) is 3.35. The molecule has 7 nitrogen and oxygen atoms in total. The van der Waals surface area contributed by atoms with Gasteiger partial charge in [-0.1, -0.05) is 6.07 Å². The van der Waals surface area contributed by atoms with E-state index in [1.54, 1.807) is 29.5 Å². The molecule has 0 bridgehead atoms. The highest BCUT2D eigenvalue weighted by atomic mass is 32.1. The Balaban J connectivity index is 1.72. The van der Waals surface area contributed by atoms with Crippen molar-refractivity contribution >= 4 is 23.1 Å². The van der Waals surface area contributed by atoms with Crippen molar-refractivity contribution in [3.8, 4) is 27.8 Å². The minimum absolute atomic E-state index is 0.151. The van der Waals surface area contributed by atoms with Gasteiger partial charge < -0.3 is 19.5 Å². The second-order valence-electron chi connectivity index (χ2n) is 5.40. The molecule has 0 saturated carbocycles. The first kappa shape index (κ1) is 17.8. The minimum atomic E-state index is -0.191. The van der Waals surface area contributed by atoms with Gasteiger partial charge in [-0.25, -0.2) is 0 Å². The zero-order valence-electron chi connectivity index (χ0n) is 14.7. The summed E-state index contributed by atoms with van der Waals surface area (Å²) in [7, 11) is 4.61. The average molecular weight is 373 g/mol. The fraction of sp³-hybridized carbons (Fsp3) is 0.222. The molecule has 3 aromatic rings. The van der Waals surface area contributed by atoms with Gasteiger partial charge in [-0.05, 0) is 29.1 Å². The van der Waals surface area contributed by atoms with Crippen LogP contribution in [0.3, 0.4) is 0 Å². The predicted molar refractivity (Wildman–Crippen MR) is 100 cm³/mol. The van der Waals surface area contributed by atoms with Crippen LogP contribution >= 0.6 is 11.3 Å². The molecule has 0 fully saturated rings. The van der Waals surface area contributed by atoms with Gasteiger partial charge in [0.2, 0.25) is 11.7 Å². The number of nitrogens with one attached hydrogen (secondary N) is 2.